The van der Waals surface area contributed by atoms with Crippen LogP contribution < -0.4 is 15.2 Å². The zero-order valence-corrected chi connectivity index (χ0v) is 17.2. The van der Waals surface area contributed by atoms with Crippen molar-refractivity contribution in [3.63, 3.8) is 0 Å². The number of nitrogens with zero attached hydrogens (tertiary/aromatic N) is 2. The minimum absolute atomic E-state index is 0.133. The highest BCUT2D eigenvalue weighted by Gasteiger charge is 2.22. The lowest BCUT2D eigenvalue weighted by Gasteiger charge is -2.24. The van der Waals surface area contributed by atoms with Crippen molar-refractivity contribution in [2.24, 2.45) is 5.92 Å². The van der Waals surface area contributed by atoms with Crippen LogP contribution in [0.5, 0.6) is 11.6 Å². The van der Waals surface area contributed by atoms with Crippen LogP contribution in [0, 0.1) is 5.92 Å². The average Bonchev–Trinajstić information content (AvgIpc) is 3.60. The molecule has 1 aliphatic carbocycles. The second-order valence-corrected chi connectivity index (χ2v) is 8.30. The fourth-order valence-electron chi connectivity index (χ4n) is 4.13. The molecule has 0 amide bonds. The van der Waals surface area contributed by atoms with Crippen molar-refractivity contribution in [1.29, 1.82) is 0 Å². The lowest BCUT2D eigenvalue weighted by Crippen LogP contribution is -2.34. The first kappa shape index (κ1) is 19.6. The molecule has 1 aromatic carbocycles. The van der Waals surface area contributed by atoms with Crippen LogP contribution in [-0.4, -0.2) is 48.7 Å². The summed E-state index contributed by atoms with van der Waals surface area (Å²) in [4.78, 5) is 16.6. The van der Waals surface area contributed by atoms with E-state index in [0.717, 1.165) is 42.4 Å². The molecule has 7 heteroatoms. The van der Waals surface area contributed by atoms with Crippen LogP contribution in [0.2, 0.25) is 0 Å². The summed E-state index contributed by atoms with van der Waals surface area (Å²) in [5.41, 5.74) is 2.78. The second-order valence-electron chi connectivity index (χ2n) is 8.30. The first-order valence-corrected chi connectivity index (χ1v) is 11.0. The number of benzene rings is 1. The van der Waals surface area contributed by atoms with Crippen molar-refractivity contribution in [3.05, 3.63) is 40.3 Å². The van der Waals surface area contributed by atoms with Crippen molar-refractivity contribution in [3.8, 4) is 22.9 Å². The fraction of sp³-hybridized carbons (Fsp3) is 0.565. The Balaban J connectivity index is 1.29. The minimum atomic E-state index is -0.283. The molecule has 2 aliphatic heterocycles. The first-order chi connectivity index (χ1) is 14.8. The molecule has 1 atom stereocenters. The van der Waals surface area contributed by atoms with Gasteiger partial charge in [-0.2, -0.15) is 4.98 Å². The quantitative estimate of drug-likeness (QED) is 0.621. The maximum Gasteiger partial charge on any atom is 0.351 e. The summed E-state index contributed by atoms with van der Waals surface area (Å²) < 4.78 is 24.4. The van der Waals surface area contributed by atoms with Crippen molar-refractivity contribution in [2.75, 3.05) is 33.0 Å². The summed E-state index contributed by atoms with van der Waals surface area (Å²) in [6.07, 6.45) is 5.82. The molecule has 2 aromatic rings. The van der Waals surface area contributed by atoms with E-state index in [-0.39, 0.29) is 11.8 Å². The van der Waals surface area contributed by atoms with E-state index in [2.05, 4.69) is 11.1 Å². The molecule has 1 saturated heterocycles. The summed E-state index contributed by atoms with van der Waals surface area (Å²) in [5, 5.41) is 0. The Morgan fingerprint density at radius 2 is 2.10 bits per heavy atom. The molecule has 0 N–H and O–H groups in total. The van der Waals surface area contributed by atoms with Gasteiger partial charge in [0.2, 0.25) is 5.88 Å². The minimum Gasteiger partial charge on any atom is -0.494 e. The zero-order valence-electron chi connectivity index (χ0n) is 17.2. The molecule has 2 fully saturated rings. The van der Waals surface area contributed by atoms with Gasteiger partial charge in [0.1, 0.15) is 18.5 Å². The molecule has 1 unspecified atom stereocenters. The van der Waals surface area contributed by atoms with Crippen LogP contribution in [0.15, 0.2) is 29.1 Å². The smallest absolute Gasteiger partial charge is 0.351 e. The zero-order chi connectivity index (χ0) is 20.3. The average molecular weight is 412 g/mol. The third-order valence-corrected chi connectivity index (χ3v) is 5.97. The number of aromatic nitrogens is 2. The van der Waals surface area contributed by atoms with Gasteiger partial charge in [0, 0.05) is 18.2 Å². The number of fused-ring (bicyclic) bond motifs is 3. The number of hydrogen-bond donors (Lipinski definition) is 0. The molecule has 0 bridgehead atoms. The van der Waals surface area contributed by atoms with Gasteiger partial charge < -0.3 is 18.9 Å². The molecule has 5 rings (SSSR count). The molecule has 30 heavy (non-hydrogen) atoms. The maximum atomic E-state index is 12.5. The summed E-state index contributed by atoms with van der Waals surface area (Å²) in [6.45, 7) is 3.36. The van der Waals surface area contributed by atoms with E-state index >= 15 is 0 Å². The molecule has 1 saturated carbocycles. The molecule has 3 aliphatic rings. The Morgan fingerprint density at radius 3 is 2.93 bits per heavy atom. The van der Waals surface area contributed by atoms with Gasteiger partial charge in [0.05, 0.1) is 32.1 Å². The van der Waals surface area contributed by atoms with Gasteiger partial charge in [-0.05, 0) is 48.9 Å². The molecule has 7 nitrogen and oxygen atoms in total. The highest BCUT2D eigenvalue weighted by molar-refractivity contribution is 5.67. The van der Waals surface area contributed by atoms with E-state index in [0.29, 0.717) is 38.9 Å². The Labute approximate surface area is 175 Å². The van der Waals surface area contributed by atoms with E-state index in [4.69, 9.17) is 18.9 Å². The molecular weight excluding hydrogens is 384 g/mol. The number of hydrogen-bond acceptors (Lipinski definition) is 6. The summed E-state index contributed by atoms with van der Waals surface area (Å²) in [5.74, 6) is 2.17. The van der Waals surface area contributed by atoms with Crippen LogP contribution in [0.25, 0.3) is 11.3 Å². The molecule has 3 heterocycles. The predicted octanol–water partition coefficient (Wildman–Crippen LogP) is 2.83. The molecule has 160 valence electrons. The molecule has 0 radical (unpaired) electrons. The van der Waals surface area contributed by atoms with Crippen LogP contribution in [0.3, 0.4) is 0 Å². The van der Waals surface area contributed by atoms with Gasteiger partial charge in [-0.25, -0.2) is 4.79 Å². The van der Waals surface area contributed by atoms with Crippen molar-refractivity contribution in [1.82, 2.24) is 9.55 Å². The maximum absolute atomic E-state index is 12.5. The largest absolute Gasteiger partial charge is 0.494 e. The van der Waals surface area contributed by atoms with Crippen LogP contribution in [-0.2, 0) is 22.4 Å². The van der Waals surface area contributed by atoms with E-state index in [1.807, 2.05) is 18.2 Å². The van der Waals surface area contributed by atoms with E-state index in [1.54, 1.807) is 4.57 Å². The number of rotatable bonds is 8. The Morgan fingerprint density at radius 1 is 1.17 bits per heavy atom. The lowest BCUT2D eigenvalue weighted by molar-refractivity contribution is -0.102. The van der Waals surface area contributed by atoms with E-state index in [1.165, 1.54) is 24.8 Å². The third-order valence-electron chi connectivity index (χ3n) is 5.97. The summed E-state index contributed by atoms with van der Waals surface area (Å²) in [6, 6.07) is 7.98. The van der Waals surface area contributed by atoms with Crippen LogP contribution in [0.1, 0.15) is 31.2 Å². The highest BCUT2D eigenvalue weighted by atomic mass is 16.6. The van der Waals surface area contributed by atoms with Gasteiger partial charge in [-0.1, -0.05) is 12.8 Å². The third kappa shape index (κ3) is 4.52. The van der Waals surface area contributed by atoms with Gasteiger partial charge in [0.25, 0.3) is 0 Å². The van der Waals surface area contributed by atoms with Crippen LogP contribution in [0.4, 0.5) is 0 Å². The second kappa shape index (κ2) is 8.78. The summed E-state index contributed by atoms with van der Waals surface area (Å²) in [7, 11) is 0. The Hall–Kier alpha value is -2.38. The fourth-order valence-corrected chi connectivity index (χ4v) is 4.13. The topological polar surface area (TPSA) is 71.8 Å². The van der Waals surface area contributed by atoms with E-state index in [9.17, 15) is 4.79 Å². The first-order valence-electron chi connectivity index (χ1n) is 11.0. The molecule has 1 aromatic heterocycles. The number of aryl methyl sites for hydroxylation is 1. The standard InChI is InChI=1S/C23H28N2O5/c26-23-24-22(30-15-19-14-27-10-11-29-19)13-21-20-6-5-18(12-17(20)7-8-25(21)23)28-9-1-2-16-3-4-16/h5-6,12-13,16,19H,1-4,7-11,14-15H2. The predicted molar refractivity (Wildman–Crippen MR) is 111 cm³/mol. The lowest BCUT2D eigenvalue weighted by atomic mass is 9.97. The van der Waals surface area contributed by atoms with Crippen molar-refractivity contribution in [2.45, 2.75) is 44.8 Å². The monoisotopic (exact) mass is 412 g/mol. The van der Waals surface area contributed by atoms with Gasteiger partial charge in [-0.3, -0.25) is 4.57 Å². The van der Waals surface area contributed by atoms with Crippen LogP contribution >= 0.6 is 0 Å². The summed E-state index contributed by atoms with van der Waals surface area (Å²) >= 11 is 0. The van der Waals surface area contributed by atoms with E-state index < -0.39 is 0 Å². The van der Waals surface area contributed by atoms with Gasteiger partial charge in [-0.15, -0.1) is 0 Å². The normalized spacial score (nSPS) is 20.3. The Kier molecular flexibility index (Phi) is 5.73. The highest BCUT2D eigenvalue weighted by Crippen LogP contribution is 2.34. The Bertz CT molecular complexity index is 947. The van der Waals surface area contributed by atoms with Crippen molar-refractivity contribution < 1.29 is 18.9 Å². The SMILES string of the molecule is O=c1nc(OCC2COCCO2)cc2n1CCc1cc(OCCCC3CC3)ccc1-2. The molecule has 0 spiro atoms. The van der Waals surface area contributed by atoms with Gasteiger partial charge in [0.15, 0.2) is 0 Å². The van der Waals surface area contributed by atoms with Gasteiger partial charge >= 0.3 is 5.69 Å². The van der Waals surface area contributed by atoms with Crippen molar-refractivity contribution >= 4 is 0 Å². The number of ether oxygens (including phenoxy) is 4. The molecular formula is C23H28N2O5.